The summed E-state index contributed by atoms with van der Waals surface area (Å²) in [7, 11) is 0. The second kappa shape index (κ2) is 6.34. The van der Waals surface area contributed by atoms with Crippen LogP contribution in [0.1, 0.15) is 30.1 Å². The molecule has 21 heavy (non-hydrogen) atoms. The molecule has 1 heterocycles. The van der Waals surface area contributed by atoms with Crippen LogP contribution >= 0.6 is 11.6 Å². The highest BCUT2D eigenvalue weighted by Crippen LogP contribution is 2.33. The molecule has 1 saturated carbocycles. The maximum absolute atomic E-state index is 12.7. The molecule has 1 aromatic carbocycles. The molecule has 0 N–H and O–H groups in total. The third-order valence-corrected chi connectivity index (χ3v) is 4.52. The molecule has 1 aliphatic carbocycles. The number of carbonyl (C=O) groups is 1. The van der Waals surface area contributed by atoms with Crippen LogP contribution in [0, 0.1) is 0 Å². The van der Waals surface area contributed by atoms with Gasteiger partial charge in [-0.05, 0) is 44.0 Å². The van der Waals surface area contributed by atoms with Crippen molar-refractivity contribution in [2.24, 2.45) is 0 Å². The largest absolute Gasteiger partial charge is 0.376 e. The topological polar surface area (TPSA) is 38.8 Å². The predicted octanol–water partition coefficient (Wildman–Crippen LogP) is 2.75. The molecule has 114 valence electrons. The Morgan fingerprint density at radius 3 is 2.86 bits per heavy atom. The quantitative estimate of drug-likeness (QED) is 0.862. The van der Waals surface area contributed by atoms with Crippen LogP contribution in [-0.4, -0.2) is 48.8 Å². The minimum absolute atomic E-state index is 0.00921. The van der Waals surface area contributed by atoms with E-state index in [9.17, 15) is 4.79 Å². The Bertz CT molecular complexity index is 505. The zero-order chi connectivity index (χ0) is 14.8. The number of carbonyl (C=O) groups excluding carboxylic acids is 1. The molecule has 3 rings (SSSR count). The Balaban J connectivity index is 1.76. The third-order valence-electron chi connectivity index (χ3n) is 4.27. The molecule has 0 spiro atoms. The number of fused-ring (bicyclic) bond motifs is 1. The van der Waals surface area contributed by atoms with Gasteiger partial charge in [0.15, 0.2) is 0 Å². The number of halogens is 1. The molecule has 1 aliphatic heterocycles. The summed E-state index contributed by atoms with van der Waals surface area (Å²) >= 11 is 5.88. The SMILES string of the molecule is CCO[C@@H]1CC[C@@H]2[C@@H]1OCCN2C(=O)c1ccc(Cl)cc1. The Kier molecular flexibility index (Phi) is 4.48. The fourth-order valence-electron chi connectivity index (χ4n) is 3.32. The van der Waals surface area contributed by atoms with Gasteiger partial charge in [-0.2, -0.15) is 0 Å². The zero-order valence-electron chi connectivity index (χ0n) is 12.1. The van der Waals surface area contributed by atoms with Crippen LogP contribution in [0.25, 0.3) is 0 Å². The van der Waals surface area contributed by atoms with Gasteiger partial charge >= 0.3 is 0 Å². The fourth-order valence-corrected chi connectivity index (χ4v) is 3.44. The lowest BCUT2D eigenvalue weighted by atomic mass is 10.1. The molecule has 5 heteroatoms. The van der Waals surface area contributed by atoms with Crippen LogP contribution in [0.4, 0.5) is 0 Å². The summed E-state index contributed by atoms with van der Waals surface area (Å²) < 4.78 is 11.6. The Hall–Kier alpha value is -1.10. The van der Waals surface area contributed by atoms with Crippen molar-refractivity contribution >= 4 is 17.5 Å². The van der Waals surface area contributed by atoms with Crippen LogP contribution in [0.2, 0.25) is 5.02 Å². The van der Waals surface area contributed by atoms with Crippen molar-refractivity contribution in [1.29, 1.82) is 0 Å². The average molecular weight is 310 g/mol. The van der Waals surface area contributed by atoms with E-state index in [0.29, 0.717) is 30.3 Å². The molecular weight excluding hydrogens is 290 g/mol. The highest BCUT2D eigenvalue weighted by molar-refractivity contribution is 6.30. The lowest BCUT2D eigenvalue weighted by Crippen LogP contribution is -2.53. The summed E-state index contributed by atoms with van der Waals surface area (Å²) in [5.41, 5.74) is 0.680. The molecule has 0 unspecified atom stereocenters. The van der Waals surface area contributed by atoms with Gasteiger partial charge in [0.25, 0.3) is 5.91 Å². The molecule has 3 atom stereocenters. The van der Waals surface area contributed by atoms with Crippen molar-refractivity contribution in [2.75, 3.05) is 19.8 Å². The lowest BCUT2D eigenvalue weighted by Gasteiger charge is -2.39. The van der Waals surface area contributed by atoms with E-state index >= 15 is 0 Å². The van der Waals surface area contributed by atoms with E-state index in [4.69, 9.17) is 21.1 Å². The number of benzene rings is 1. The van der Waals surface area contributed by atoms with Gasteiger partial charge in [0.2, 0.25) is 0 Å². The third kappa shape index (κ3) is 2.93. The summed E-state index contributed by atoms with van der Waals surface area (Å²) in [5.74, 6) is 0.0575. The van der Waals surface area contributed by atoms with Crippen molar-refractivity contribution in [3.8, 4) is 0 Å². The van der Waals surface area contributed by atoms with E-state index in [1.54, 1.807) is 24.3 Å². The number of rotatable bonds is 3. The van der Waals surface area contributed by atoms with E-state index in [2.05, 4.69) is 0 Å². The summed E-state index contributed by atoms with van der Waals surface area (Å²) in [4.78, 5) is 14.6. The second-order valence-electron chi connectivity index (χ2n) is 5.48. The molecular formula is C16H20ClNO3. The zero-order valence-corrected chi connectivity index (χ0v) is 12.9. The van der Waals surface area contributed by atoms with Gasteiger partial charge in [-0.1, -0.05) is 11.6 Å². The van der Waals surface area contributed by atoms with Crippen molar-refractivity contribution in [3.05, 3.63) is 34.9 Å². The van der Waals surface area contributed by atoms with E-state index in [1.807, 2.05) is 11.8 Å². The number of hydrogen-bond donors (Lipinski definition) is 0. The number of hydrogen-bond acceptors (Lipinski definition) is 3. The Labute approximate surface area is 130 Å². The summed E-state index contributed by atoms with van der Waals surface area (Å²) in [5, 5.41) is 0.642. The van der Waals surface area contributed by atoms with Gasteiger partial charge in [0.05, 0.1) is 18.8 Å². The van der Waals surface area contributed by atoms with Crippen molar-refractivity contribution < 1.29 is 14.3 Å². The predicted molar refractivity (Wildman–Crippen MR) is 80.7 cm³/mol. The minimum Gasteiger partial charge on any atom is -0.376 e. The van der Waals surface area contributed by atoms with Crippen LogP contribution in [0.5, 0.6) is 0 Å². The first-order valence-electron chi connectivity index (χ1n) is 7.50. The minimum atomic E-state index is 0.00921. The molecule has 1 amide bonds. The first-order valence-corrected chi connectivity index (χ1v) is 7.88. The van der Waals surface area contributed by atoms with Gasteiger partial charge in [-0.25, -0.2) is 0 Å². The first kappa shape index (κ1) is 14.8. The van der Waals surface area contributed by atoms with E-state index < -0.39 is 0 Å². The number of morpholine rings is 1. The molecule has 1 saturated heterocycles. The van der Waals surface area contributed by atoms with Crippen LogP contribution < -0.4 is 0 Å². The average Bonchev–Trinajstić information content (AvgIpc) is 2.91. The molecule has 1 aromatic rings. The first-order chi connectivity index (χ1) is 10.2. The monoisotopic (exact) mass is 309 g/mol. The maximum atomic E-state index is 12.7. The molecule has 0 bridgehead atoms. The second-order valence-corrected chi connectivity index (χ2v) is 5.92. The van der Waals surface area contributed by atoms with Gasteiger partial charge in [0, 0.05) is 23.7 Å². The van der Waals surface area contributed by atoms with E-state index in [0.717, 1.165) is 12.8 Å². The molecule has 0 aromatic heterocycles. The summed E-state index contributed by atoms with van der Waals surface area (Å²) in [6, 6.07) is 7.20. The van der Waals surface area contributed by atoms with Gasteiger partial charge < -0.3 is 14.4 Å². The number of nitrogens with zero attached hydrogens (tertiary/aromatic N) is 1. The molecule has 2 fully saturated rings. The van der Waals surface area contributed by atoms with Crippen molar-refractivity contribution in [1.82, 2.24) is 4.90 Å². The lowest BCUT2D eigenvalue weighted by molar-refractivity contribution is -0.102. The maximum Gasteiger partial charge on any atom is 0.254 e. The van der Waals surface area contributed by atoms with E-state index in [1.165, 1.54) is 0 Å². The fraction of sp³-hybridized carbons (Fsp3) is 0.562. The number of amides is 1. The van der Waals surface area contributed by atoms with Crippen molar-refractivity contribution in [2.45, 2.75) is 38.0 Å². The molecule has 0 radical (unpaired) electrons. The van der Waals surface area contributed by atoms with Gasteiger partial charge in [-0.15, -0.1) is 0 Å². The standard InChI is InChI=1S/C16H20ClNO3/c1-2-20-14-8-7-13-15(14)21-10-9-18(13)16(19)11-3-5-12(17)6-4-11/h3-6,13-15H,2,7-10H2,1H3/t13-,14-,15+/m1/s1. The van der Waals surface area contributed by atoms with E-state index in [-0.39, 0.29) is 24.2 Å². The Morgan fingerprint density at radius 2 is 2.14 bits per heavy atom. The number of ether oxygens (including phenoxy) is 2. The Morgan fingerprint density at radius 1 is 1.38 bits per heavy atom. The van der Waals surface area contributed by atoms with Gasteiger partial charge in [0.1, 0.15) is 6.10 Å². The highest BCUT2D eigenvalue weighted by atomic mass is 35.5. The highest BCUT2D eigenvalue weighted by Gasteiger charge is 2.44. The molecule has 4 nitrogen and oxygen atoms in total. The summed E-state index contributed by atoms with van der Waals surface area (Å²) in [6.45, 7) is 3.89. The van der Waals surface area contributed by atoms with Crippen LogP contribution in [0.3, 0.4) is 0 Å². The van der Waals surface area contributed by atoms with Crippen molar-refractivity contribution in [3.63, 3.8) is 0 Å². The summed E-state index contributed by atoms with van der Waals surface area (Å²) in [6.07, 6.45) is 2.01. The van der Waals surface area contributed by atoms with Crippen LogP contribution in [0.15, 0.2) is 24.3 Å². The van der Waals surface area contributed by atoms with Gasteiger partial charge in [-0.3, -0.25) is 4.79 Å². The normalized spacial score (nSPS) is 28.5. The molecule has 2 aliphatic rings. The smallest absolute Gasteiger partial charge is 0.254 e. The van der Waals surface area contributed by atoms with Crippen LogP contribution in [-0.2, 0) is 9.47 Å².